The van der Waals surface area contributed by atoms with Gasteiger partial charge in [0.1, 0.15) is 11.0 Å². The molecule has 0 amide bonds. The van der Waals surface area contributed by atoms with Crippen LogP contribution in [-0.4, -0.2) is 18.7 Å². The van der Waals surface area contributed by atoms with Gasteiger partial charge in [-0.3, -0.25) is 10.1 Å². The van der Waals surface area contributed by atoms with Crippen LogP contribution in [0.5, 0.6) is 0 Å². The molecule has 0 aliphatic rings. The van der Waals surface area contributed by atoms with Crippen molar-refractivity contribution in [3.63, 3.8) is 0 Å². The van der Waals surface area contributed by atoms with Crippen molar-refractivity contribution in [2.24, 2.45) is 0 Å². The van der Waals surface area contributed by atoms with Gasteiger partial charge in [0, 0.05) is 16.7 Å². The Kier molecular flexibility index (Phi) is 3.70. The molecule has 1 aromatic carbocycles. The summed E-state index contributed by atoms with van der Waals surface area (Å²) in [4.78, 5) is 14.6. The van der Waals surface area contributed by atoms with Gasteiger partial charge in [-0.15, -0.1) is 0 Å². The first-order chi connectivity index (χ1) is 10.1. The summed E-state index contributed by atoms with van der Waals surface area (Å²) in [6.45, 7) is 0. The SMILES string of the molecule is O=[N+]([O-])c1cc(Br)cnc1Nc1c(Cl)ccc2nsnc12. The highest BCUT2D eigenvalue weighted by Crippen LogP contribution is 2.35. The first-order valence-electron chi connectivity index (χ1n) is 5.54. The number of nitrogens with zero attached hydrogens (tertiary/aromatic N) is 4. The highest BCUT2D eigenvalue weighted by atomic mass is 79.9. The fraction of sp³-hybridized carbons (Fsp3) is 0. The third-order valence-corrected chi connectivity index (χ3v) is 3.94. The quantitative estimate of drug-likeness (QED) is 0.537. The number of benzene rings is 1. The van der Waals surface area contributed by atoms with Gasteiger partial charge in [0.05, 0.1) is 27.4 Å². The molecule has 0 saturated heterocycles. The van der Waals surface area contributed by atoms with Gasteiger partial charge in [-0.2, -0.15) is 8.75 Å². The van der Waals surface area contributed by atoms with Crippen molar-refractivity contribution >= 4 is 67.5 Å². The van der Waals surface area contributed by atoms with E-state index in [1.807, 2.05) is 0 Å². The molecule has 1 N–H and O–H groups in total. The van der Waals surface area contributed by atoms with E-state index in [-0.39, 0.29) is 11.5 Å². The Bertz CT molecular complexity index is 856. The summed E-state index contributed by atoms with van der Waals surface area (Å²) in [6, 6.07) is 4.75. The van der Waals surface area contributed by atoms with Crippen LogP contribution in [-0.2, 0) is 0 Å². The second kappa shape index (κ2) is 5.51. The van der Waals surface area contributed by atoms with Gasteiger partial charge >= 0.3 is 5.69 Å². The molecule has 0 bridgehead atoms. The molecule has 3 rings (SSSR count). The normalized spacial score (nSPS) is 10.8. The van der Waals surface area contributed by atoms with E-state index in [1.165, 1.54) is 12.3 Å². The minimum Gasteiger partial charge on any atom is -0.331 e. The lowest BCUT2D eigenvalue weighted by Crippen LogP contribution is -2.00. The molecule has 0 unspecified atom stereocenters. The Morgan fingerprint density at radius 1 is 1.38 bits per heavy atom. The summed E-state index contributed by atoms with van der Waals surface area (Å²) >= 11 is 10.3. The van der Waals surface area contributed by atoms with Crippen LogP contribution in [0.4, 0.5) is 17.2 Å². The molecule has 0 aliphatic heterocycles. The summed E-state index contributed by atoms with van der Waals surface area (Å²) < 4.78 is 8.76. The summed E-state index contributed by atoms with van der Waals surface area (Å²) in [5.74, 6) is 0.0885. The lowest BCUT2D eigenvalue weighted by Gasteiger charge is -2.08. The maximum Gasteiger partial charge on any atom is 0.312 e. The number of pyridine rings is 1. The van der Waals surface area contributed by atoms with Gasteiger partial charge in [-0.1, -0.05) is 11.6 Å². The molecule has 21 heavy (non-hydrogen) atoms. The van der Waals surface area contributed by atoms with Gasteiger partial charge in [0.2, 0.25) is 5.82 Å². The number of nitrogens with one attached hydrogen (secondary N) is 1. The molecule has 0 spiro atoms. The monoisotopic (exact) mass is 385 g/mol. The van der Waals surface area contributed by atoms with Crippen LogP contribution in [0.1, 0.15) is 0 Å². The van der Waals surface area contributed by atoms with Crippen LogP contribution < -0.4 is 5.32 Å². The average Bonchev–Trinajstić information content (AvgIpc) is 2.92. The topological polar surface area (TPSA) is 93.8 Å². The predicted octanol–water partition coefficient (Wildman–Crippen LogP) is 4.15. The zero-order chi connectivity index (χ0) is 15.0. The Balaban J connectivity index is 2.13. The summed E-state index contributed by atoms with van der Waals surface area (Å²) in [5.41, 5.74) is 1.49. The van der Waals surface area contributed by atoms with Crippen molar-refractivity contribution in [2.45, 2.75) is 0 Å². The Hall–Kier alpha value is -1.84. The van der Waals surface area contributed by atoms with Crippen molar-refractivity contribution in [1.29, 1.82) is 0 Å². The fourth-order valence-corrected chi connectivity index (χ4v) is 2.79. The van der Waals surface area contributed by atoms with Gasteiger partial charge < -0.3 is 5.32 Å². The molecule has 0 atom stereocenters. The third-order valence-electron chi connectivity index (χ3n) is 2.65. The van der Waals surface area contributed by atoms with Crippen LogP contribution in [0.3, 0.4) is 0 Å². The number of rotatable bonds is 3. The second-order valence-electron chi connectivity index (χ2n) is 3.96. The average molecular weight is 387 g/mol. The number of aromatic nitrogens is 3. The van der Waals surface area contributed by atoms with E-state index in [0.29, 0.717) is 26.2 Å². The molecule has 3 aromatic rings. The van der Waals surface area contributed by atoms with E-state index in [0.717, 1.165) is 11.7 Å². The minimum absolute atomic E-state index is 0.0885. The minimum atomic E-state index is -0.520. The van der Waals surface area contributed by atoms with Crippen LogP contribution in [0, 0.1) is 10.1 Å². The van der Waals surface area contributed by atoms with Gasteiger partial charge in [0.15, 0.2) is 0 Å². The number of hydrogen-bond acceptors (Lipinski definition) is 7. The Morgan fingerprint density at radius 3 is 2.95 bits per heavy atom. The predicted molar refractivity (Wildman–Crippen MR) is 84.3 cm³/mol. The van der Waals surface area contributed by atoms with E-state index in [4.69, 9.17) is 11.6 Å². The van der Waals surface area contributed by atoms with E-state index < -0.39 is 4.92 Å². The molecule has 0 radical (unpaired) electrons. The van der Waals surface area contributed by atoms with E-state index in [1.54, 1.807) is 12.1 Å². The zero-order valence-electron chi connectivity index (χ0n) is 10.1. The standard InChI is InChI=1S/C11H5BrClN5O2S/c12-5-3-8(18(19)20)11(14-4-5)15-9-6(13)1-2-7-10(9)17-21-16-7/h1-4H,(H,14,15). The first kappa shape index (κ1) is 14.1. The molecule has 2 heterocycles. The van der Waals surface area contributed by atoms with Gasteiger partial charge in [-0.05, 0) is 28.1 Å². The fourth-order valence-electron chi connectivity index (χ4n) is 1.73. The Morgan fingerprint density at radius 2 is 2.19 bits per heavy atom. The zero-order valence-corrected chi connectivity index (χ0v) is 13.2. The Labute approximate surface area is 135 Å². The van der Waals surface area contributed by atoms with Crippen molar-refractivity contribution in [1.82, 2.24) is 13.7 Å². The summed E-state index contributed by atoms with van der Waals surface area (Å²) in [6.07, 6.45) is 1.46. The van der Waals surface area contributed by atoms with E-state index in [2.05, 4.69) is 35.0 Å². The molecule has 106 valence electrons. The third kappa shape index (κ3) is 2.67. The molecule has 0 aliphatic carbocycles. The van der Waals surface area contributed by atoms with Gasteiger partial charge in [0.25, 0.3) is 0 Å². The number of hydrogen-bond donors (Lipinski definition) is 1. The second-order valence-corrected chi connectivity index (χ2v) is 5.81. The summed E-state index contributed by atoms with van der Waals surface area (Å²) in [5, 5.41) is 14.4. The van der Waals surface area contributed by atoms with Crippen molar-refractivity contribution in [2.75, 3.05) is 5.32 Å². The maximum atomic E-state index is 11.1. The number of halogens is 2. The van der Waals surface area contributed by atoms with Gasteiger partial charge in [-0.25, -0.2) is 4.98 Å². The van der Waals surface area contributed by atoms with Crippen molar-refractivity contribution in [3.05, 3.63) is 44.0 Å². The lowest BCUT2D eigenvalue weighted by atomic mass is 10.2. The van der Waals surface area contributed by atoms with Crippen LogP contribution in [0.2, 0.25) is 5.02 Å². The van der Waals surface area contributed by atoms with Crippen LogP contribution in [0.25, 0.3) is 11.0 Å². The lowest BCUT2D eigenvalue weighted by molar-refractivity contribution is -0.384. The molecular weight excluding hydrogens is 382 g/mol. The molecule has 2 aromatic heterocycles. The van der Waals surface area contributed by atoms with Crippen molar-refractivity contribution < 1.29 is 4.92 Å². The number of nitro groups is 1. The first-order valence-corrected chi connectivity index (χ1v) is 7.44. The number of anilines is 2. The molecular formula is C11H5BrClN5O2S. The largest absolute Gasteiger partial charge is 0.331 e. The molecule has 0 saturated carbocycles. The van der Waals surface area contributed by atoms with E-state index >= 15 is 0 Å². The van der Waals surface area contributed by atoms with Crippen LogP contribution in [0.15, 0.2) is 28.9 Å². The number of fused-ring (bicyclic) bond motifs is 1. The molecule has 0 fully saturated rings. The maximum absolute atomic E-state index is 11.1. The molecule has 10 heteroatoms. The summed E-state index contributed by atoms with van der Waals surface area (Å²) in [7, 11) is 0. The highest BCUT2D eigenvalue weighted by molar-refractivity contribution is 9.10. The van der Waals surface area contributed by atoms with Crippen molar-refractivity contribution in [3.8, 4) is 0 Å². The smallest absolute Gasteiger partial charge is 0.312 e. The highest BCUT2D eigenvalue weighted by Gasteiger charge is 2.19. The van der Waals surface area contributed by atoms with Crippen LogP contribution >= 0.6 is 39.3 Å². The molecule has 7 nitrogen and oxygen atoms in total. The van der Waals surface area contributed by atoms with E-state index in [9.17, 15) is 10.1 Å².